The van der Waals surface area contributed by atoms with Gasteiger partial charge in [0.2, 0.25) is 4.96 Å². The first-order valence-corrected chi connectivity index (χ1v) is 7.46. The third-order valence-corrected chi connectivity index (χ3v) is 3.82. The molecule has 0 saturated carbocycles. The van der Waals surface area contributed by atoms with Gasteiger partial charge in [-0.15, -0.1) is 21.5 Å². The van der Waals surface area contributed by atoms with Crippen molar-refractivity contribution in [1.29, 1.82) is 0 Å². The fourth-order valence-electron chi connectivity index (χ4n) is 2.07. The van der Waals surface area contributed by atoms with Crippen molar-refractivity contribution >= 4 is 16.3 Å². The number of hydrogen-bond acceptors (Lipinski definition) is 5. The van der Waals surface area contributed by atoms with Gasteiger partial charge >= 0.3 is 0 Å². The van der Waals surface area contributed by atoms with Gasteiger partial charge in [0.15, 0.2) is 5.82 Å². The molecule has 0 fully saturated rings. The van der Waals surface area contributed by atoms with E-state index in [4.69, 9.17) is 10.5 Å². The second-order valence-electron chi connectivity index (χ2n) is 4.44. The van der Waals surface area contributed by atoms with E-state index in [1.807, 2.05) is 22.6 Å². The van der Waals surface area contributed by atoms with Crippen molar-refractivity contribution in [1.82, 2.24) is 14.6 Å². The lowest BCUT2D eigenvalue weighted by molar-refractivity contribution is 0.317. The second kappa shape index (κ2) is 5.60. The zero-order valence-corrected chi connectivity index (χ0v) is 12.1. The predicted molar refractivity (Wildman–Crippen MR) is 80.0 cm³/mol. The molecule has 0 amide bonds. The molecule has 2 aromatic heterocycles. The van der Waals surface area contributed by atoms with Crippen LogP contribution in [0.1, 0.15) is 19.2 Å². The van der Waals surface area contributed by atoms with Crippen LogP contribution < -0.4 is 10.5 Å². The first-order valence-electron chi connectivity index (χ1n) is 6.58. The summed E-state index contributed by atoms with van der Waals surface area (Å²) in [6, 6.07) is 8.06. The Morgan fingerprint density at radius 3 is 3.05 bits per heavy atom. The van der Waals surface area contributed by atoms with E-state index in [0.29, 0.717) is 6.54 Å². The average molecular weight is 288 g/mol. The molecule has 20 heavy (non-hydrogen) atoms. The number of fused-ring (bicyclic) bond motifs is 1. The standard InChI is InChI=1S/C14H16N4OS/c1-2-6-19-11-5-3-4-10(7-11)12-9-20-14-17-16-13(8-15)18(12)14/h3-5,7,9H,2,6,8,15H2,1H3. The molecule has 0 saturated heterocycles. The van der Waals surface area contributed by atoms with E-state index in [1.54, 1.807) is 11.3 Å². The Bertz CT molecular complexity index is 719. The van der Waals surface area contributed by atoms with E-state index in [2.05, 4.69) is 28.6 Å². The normalized spacial score (nSPS) is 11.1. The number of hydrogen-bond donors (Lipinski definition) is 1. The van der Waals surface area contributed by atoms with Crippen LogP contribution in [0.2, 0.25) is 0 Å². The molecule has 0 aliphatic carbocycles. The van der Waals surface area contributed by atoms with Gasteiger partial charge in [-0.2, -0.15) is 0 Å². The van der Waals surface area contributed by atoms with Crippen molar-refractivity contribution in [3.8, 4) is 17.0 Å². The van der Waals surface area contributed by atoms with Gasteiger partial charge in [0.1, 0.15) is 5.75 Å². The molecular weight excluding hydrogens is 272 g/mol. The molecule has 0 spiro atoms. The Balaban J connectivity index is 2.04. The van der Waals surface area contributed by atoms with Crippen molar-refractivity contribution in [2.75, 3.05) is 6.61 Å². The molecule has 0 bridgehead atoms. The molecule has 0 aliphatic rings. The van der Waals surface area contributed by atoms with Gasteiger partial charge < -0.3 is 10.5 Å². The van der Waals surface area contributed by atoms with E-state index in [0.717, 1.165) is 40.8 Å². The van der Waals surface area contributed by atoms with Gasteiger partial charge in [0.25, 0.3) is 0 Å². The van der Waals surface area contributed by atoms with E-state index < -0.39 is 0 Å². The van der Waals surface area contributed by atoms with Crippen molar-refractivity contribution in [2.45, 2.75) is 19.9 Å². The third-order valence-electron chi connectivity index (χ3n) is 3.00. The molecule has 3 rings (SSSR count). The lowest BCUT2D eigenvalue weighted by atomic mass is 10.1. The lowest BCUT2D eigenvalue weighted by Crippen LogP contribution is -2.03. The summed E-state index contributed by atoms with van der Waals surface area (Å²) in [6.45, 7) is 3.19. The Hall–Kier alpha value is -1.92. The number of ether oxygens (including phenoxy) is 1. The van der Waals surface area contributed by atoms with Crippen LogP contribution in [0.3, 0.4) is 0 Å². The summed E-state index contributed by atoms with van der Waals surface area (Å²) in [7, 11) is 0. The number of nitrogens with zero attached hydrogens (tertiary/aromatic N) is 3. The molecular formula is C14H16N4OS. The molecule has 5 nitrogen and oxygen atoms in total. The average Bonchev–Trinajstić information content (AvgIpc) is 3.06. The number of rotatable bonds is 5. The molecule has 1 aromatic carbocycles. The van der Waals surface area contributed by atoms with Crippen LogP contribution in [-0.4, -0.2) is 21.2 Å². The topological polar surface area (TPSA) is 65.4 Å². The molecule has 0 aliphatic heterocycles. The van der Waals surface area contributed by atoms with Crippen LogP contribution in [0.5, 0.6) is 5.75 Å². The minimum Gasteiger partial charge on any atom is -0.494 e. The molecule has 3 aromatic rings. The van der Waals surface area contributed by atoms with E-state index in [9.17, 15) is 0 Å². The molecule has 104 valence electrons. The monoisotopic (exact) mass is 288 g/mol. The van der Waals surface area contributed by atoms with E-state index in [1.165, 1.54) is 0 Å². The molecule has 0 atom stereocenters. The van der Waals surface area contributed by atoms with Crippen molar-refractivity contribution in [2.24, 2.45) is 5.73 Å². The van der Waals surface area contributed by atoms with Crippen molar-refractivity contribution in [3.63, 3.8) is 0 Å². The third kappa shape index (κ3) is 2.28. The predicted octanol–water partition coefficient (Wildman–Crippen LogP) is 2.71. The highest BCUT2D eigenvalue weighted by molar-refractivity contribution is 7.15. The molecule has 0 unspecified atom stereocenters. The highest BCUT2D eigenvalue weighted by Crippen LogP contribution is 2.28. The van der Waals surface area contributed by atoms with Gasteiger partial charge in [-0.1, -0.05) is 19.1 Å². The lowest BCUT2D eigenvalue weighted by Gasteiger charge is -2.07. The summed E-state index contributed by atoms with van der Waals surface area (Å²) in [5.41, 5.74) is 7.85. The summed E-state index contributed by atoms with van der Waals surface area (Å²) < 4.78 is 7.69. The van der Waals surface area contributed by atoms with Gasteiger partial charge in [-0.25, -0.2) is 0 Å². The highest BCUT2D eigenvalue weighted by atomic mass is 32.1. The molecule has 2 N–H and O–H groups in total. The maximum absolute atomic E-state index is 5.72. The first-order chi connectivity index (χ1) is 9.83. The van der Waals surface area contributed by atoms with E-state index >= 15 is 0 Å². The summed E-state index contributed by atoms with van der Waals surface area (Å²) in [5, 5.41) is 10.3. The fourth-order valence-corrected chi connectivity index (χ4v) is 2.93. The summed E-state index contributed by atoms with van der Waals surface area (Å²) in [4.78, 5) is 0.861. The zero-order chi connectivity index (χ0) is 13.9. The fraction of sp³-hybridized carbons (Fsp3) is 0.286. The SMILES string of the molecule is CCCOc1cccc(-c2csc3nnc(CN)n23)c1. The van der Waals surface area contributed by atoms with Crippen LogP contribution in [0.25, 0.3) is 16.2 Å². The zero-order valence-electron chi connectivity index (χ0n) is 11.2. The molecule has 2 heterocycles. The van der Waals surface area contributed by atoms with Gasteiger partial charge in [-0.3, -0.25) is 4.40 Å². The number of nitrogens with two attached hydrogens (primary N) is 1. The van der Waals surface area contributed by atoms with Crippen LogP contribution >= 0.6 is 11.3 Å². The second-order valence-corrected chi connectivity index (χ2v) is 5.27. The minimum atomic E-state index is 0.372. The van der Waals surface area contributed by atoms with Gasteiger partial charge in [0, 0.05) is 10.9 Å². The van der Waals surface area contributed by atoms with Crippen LogP contribution in [-0.2, 0) is 6.54 Å². The summed E-state index contributed by atoms with van der Waals surface area (Å²) in [5.74, 6) is 1.65. The first kappa shape index (κ1) is 13.1. The number of thiazole rings is 1. The van der Waals surface area contributed by atoms with Crippen LogP contribution in [0.4, 0.5) is 0 Å². The maximum atomic E-state index is 5.72. The van der Waals surface area contributed by atoms with Crippen molar-refractivity contribution < 1.29 is 4.74 Å². The molecule has 6 heteroatoms. The molecule has 0 radical (unpaired) electrons. The Kier molecular flexibility index (Phi) is 3.66. The Labute approximate surface area is 121 Å². The van der Waals surface area contributed by atoms with E-state index in [-0.39, 0.29) is 0 Å². The summed E-state index contributed by atoms with van der Waals surface area (Å²) >= 11 is 1.56. The Morgan fingerprint density at radius 1 is 1.35 bits per heavy atom. The Morgan fingerprint density at radius 2 is 2.25 bits per heavy atom. The summed E-state index contributed by atoms with van der Waals surface area (Å²) in [6.07, 6.45) is 0.996. The highest BCUT2D eigenvalue weighted by Gasteiger charge is 2.12. The van der Waals surface area contributed by atoms with Crippen molar-refractivity contribution in [3.05, 3.63) is 35.5 Å². The minimum absolute atomic E-state index is 0.372. The quantitative estimate of drug-likeness (QED) is 0.784. The number of aromatic nitrogens is 3. The van der Waals surface area contributed by atoms with Crippen LogP contribution in [0, 0.1) is 0 Å². The maximum Gasteiger partial charge on any atom is 0.216 e. The number of benzene rings is 1. The van der Waals surface area contributed by atoms with Gasteiger partial charge in [-0.05, 0) is 18.6 Å². The van der Waals surface area contributed by atoms with Crippen LogP contribution in [0.15, 0.2) is 29.6 Å². The largest absolute Gasteiger partial charge is 0.494 e. The smallest absolute Gasteiger partial charge is 0.216 e. The van der Waals surface area contributed by atoms with Gasteiger partial charge in [0.05, 0.1) is 18.8 Å².